The highest BCUT2D eigenvalue weighted by Crippen LogP contribution is 2.27. The van der Waals surface area contributed by atoms with E-state index in [1.807, 2.05) is 0 Å². The summed E-state index contributed by atoms with van der Waals surface area (Å²) in [5.74, 6) is -0.568. The predicted molar refractivity (Wildman–Crippen MR) is 79.2 cm³/mol. The van der Waals surface area contributed by atoms with Crippen molar-refractivity contribution in [1.82, 2.24) is 4.31 Å². The van der Waals surface area contributed by atoms with Crippen molar-refractivity contribution in [1.29, 1.82) is 0 Å². The minimum atomic E-state index is -3.84. The van der Waals surface area contributed by atoms with E-state index in [4.69, 9.17) is 9.84 Å². The molecule has 118 valence electrons. The van der Waals surface area contributed by atoms with Crippen LogP contribution in [-0.2, 0) is 14.8 Å². The highest BCUT2D eigenvalue weighted by Gasteiger charge is 2.28. The maximum atomic E-state index is 12.7. The Hall–Kier alpha value is -1.60. The van der Waals surface area contributed by atoms with Gasteiger partial charge in [-0.15, -0.1) is 0 Å². The molecule has 0 aliphatic heterocycles. The van der Waals surface area contributed by atoms with Crippen molar-refractivity contribution in [3.05, 3.63) is 23.3 Å². The summed E-state index contributed by atoms with van der Waals surface area (Å²) in [4.78, 5) is 11.0. The quantitative estimate of drug-likeness (QED) is 0.829. The van der Waals surface area contributed by atoms with E-state index in [1.54, 1.807) is 26.8 Å². The summed E-state index contributed by atoms with van der Waals surface area (Å²) in [5, 5.41) is 8.90. The van der Waals surface area contributed by atoms with Crippen LogP contribution < -0.4 is 4.74 Å². The lowest BCUT2D eigenvalue weighted by Gasteiger charge is -2.21. The first-order chi connectivity index (χ1) is 9.73. The summed E-state index contributed by atoms with van der Waals surface area (Å²) in [6.45, 7) is 4.84. The first-order valence-electron chi connectivity index (χ1n) is 6.61. The van der Waals surface area contributed by atoms with Crippen molar-refractivity contribution in [3.8, 4) is 5.75 Å². The van der Waals surface area contributed by atoms with Crippen molar-refractivity contribution in [2.75, 3.05) is 20.2 Å². The molecule has 0 spiro atoms. The normalized spacial score (nSPS) is 11.7. The highest BCUT2D eigenvalue weighted by molar-refractivity contribution is 7.89. The molecule has 0 amide bonds. The number of ether oxygens (including phenoxy) is 1. The van der Waals surface area contributed by atoms with Crippen molar-refractivity contribution < 1.29 is 23.1 Å². The van der Waals surface area contributed by atoms with Gasteiger partial charge in [0, 0.05) is 6.54 Å². The number of rotatable bonds is 7. The number of aryl methyl sites for hydroxylation is 2. The topological polar surface area (TPSA) is 83.9 Å². The number of sulfonamides is 1. The Bertz CT molecular complexity index is 624. The fourth-order valence-corrected chi connectivity index (χ4v) is 3.86. The van der Waals surface area contributed by atoms with Gasteiger partial charge in [-0.3, -0.25) is 4.79 Å². The number of hydrogen-bond donors (Lipinski definition) is 1. The molecule has 0 bridgehead atoms. The minimum Gasteiger partial charge on any atom is -0.496 e. The van der Waals surface area contributed by atoms with Gasteiger partial charge in [-0.25, -0.2) is 8.42 Å². The van der Waals surface area contributed by atoms with Gasteiger partial charge in [0.2, 0.25) is 10.0 Å². The summed E-state index contributed by atoms with van der Waals surface area (Å²) in [5.41, 5.74) is 1.22. The standard InChI is InChI=1S/C14H21NO5S/c1-5-6-15(9-14(16)17)21(18,19)13-8-10(2)12(20-4)7-11(13)3/h7-8H,5-6,9H2,1-4H3,(H,16,17). The van der Waals surface area contributed by atoms with Crippen LogP contribution in [0.4, 0.5) is 0 Å². The Morgan fingerprint density at radius 1 is 1.29 bits per heavy atom. The maximum Gasteiger partial charge on any atom is 0.318 e. The van der Waals surface area contributed by atoms with Gasteiger partial charge in [0.25, 0.3) is 0 Å². The second-order valence-electron chi connectivity index (χ2n) is 4.82. The van der Waals surface area contributed by atoms with Gasteiger partial charge < -0.3 is 9.84 Å². The summed E-state index contributed by atoms with van der Waals surface area (Å²) >= 11 is 0. The minimum absolute atomic E-state index is 0.121. The summed E-state index contributed by atoms with van der Waals surface area (Å²) < 4.78 is 31.5. The molecule has 7 heteroatoms. The number of aliphatic carboxylic acids is 1. The molecule has 1 aromatic carbocycles. The van der Waals surface area contributed by atoms with Crippen molar-refractivity contribution in [2.24, 2.45) is 0 Å². The molecule has 0 atom stereocenters. The van der Waals surface area contributed by atoms with Crippen LogP contribution in [0.25, 0.3) is 0 Å². The Kier molecular flexibility index (Phi) is 5.74. The molecule has 1 rings (SSSR count). The van der Waals surface area contributed by atoms with Gasteiger partial charge in [-0.1, -0.05) is 6.92 Å². The fourth-order valence-electron chi connectivity index (χ4n) is 2.08. The zero-order chi connectivity index (χ0) is 16.2. The van der Waals surface area contributed by atoms with Crippen LogP contribution in [0.5, 0.6) is 5.75 Å². The van der Waals surface area contributed by atoms with Gasteiger partial charge >= 0.3 is 5.97 Å². The first-order valence-corrected chi connectivity index (χ1v) is 8.05. The number of carbonyl (C=O) groups is 1. The van der Waals surface area contributed by atoms with E-state index in [0.29, 0.717) is 23.3 Å². The second kappa shape index (κ2) is 6.91. The Balaban J connectivity index is 3.34. The lowest BCUT2D eigenvalue weighted by molar-refractivity contribution is -0.137. The van der Waals surface area contributed by atoms with Gasteiger partial charge in [0.1, 0.15) is 12.3 Å². The van der Waals surface area contributed by atoms with Crippen molar-refractivity contribution in [2.45, 2.75) is 32.1 Å². The molecule has 21 heavy (non-hydrogen) atoms. The fraction of sp³-hybridized carbons (Fsp3) is 0.500. The Labute approximate surface area is 125 Å². The monoisotopic (exact) mass is 315 g/mol. The van der Waals surface area contributed by atoms with Gasteiger partial charge in [-0.05, 0) is 43.5 Å². The third-order valence-electron chi connectivity index (χ3n) is 3.09. The van der Waals surface area contributed by atoms with Gasteiger partial charge in [-0.2, -0.15) is 4.31 Å². The van der Waals surface area contributed by atoms with E-state index in [0.717, 1.165) is 4.31 Å². The average molecular weight is 315 g/mol. The molecule has 1 N–H and O–H groups in total. The van der Waals surface area contributed by atoms with E-state index in [9.17, 15) is 13.2 Å². The number of hydrogen-bond acceptors (Lipinski definition) is 4. The molecule has 0 fully saturated rings. The van der Waals surface area contributed by atoms with E-state index in [1.165, 1.54) is 13.2 Å². The van der Waals surface area contributed by atoms with Crippen LogP contribution in [0.15, 0.2) is 17.0 Å². The van der Waals surface area contributed by atoms with Crippen LogP contribution in [-0.4, -0.2) is 44.0 Å². The molecule has 0 saturated carbocycles. The number of methoxy groups -OCH3 is 1. The van der Waals surface area contributed by atoms with Crippen LogP contribution in [0.3, 0.4) is 0 Å². The molecule has 6 nitrogen and oxygen atoms in total. The molecule has 0 saturated heterocycles. The van der Waals surface area contributed by atoms with Gasteiger partial charge in [0.15, 0.2) is 0 Å². The molecular weight excluding hydrogens is 294 g/mol. The van der Waals surface area contributed by atoms with Crippen LogP contribution in [0.2, 0.25) is 0 Å². The molecule has 0 aliphatic rings. The number of nitrogens with zero attached hydrogens (tertiary/aromatic N) is 1. The molecular formula is C14H21NO5S. The molecule has 0 radical (unpaired) electrons. The maximum absolute atomic E-state index is 12.7. The largest absolute Gasteiger partial charge is 0.496 e. The van der Waals surface area contributed by atoms with Crippen LogP contribution in [0, 0.1) is 13.8 Å². The Morgan fingerprint density at radius 2 is 1.90 bits per heavy atom. The summed E-state index contributed by atoms with van der Waals surface area (Å²) in [6, 6.07) is 3.17. The van der Waals surface area contributed by atoms with Crippen LogP contribution in [0.1, 0.15) is 24.5 Å². The zero-order valence-corrected chi connectivity index (χ0v) is 13.5. The smallest absolute Gasteiger partial charge is 0.318 e. The lowest BCUT2D eigenvalue weighted by Crippen LogP contribution is -2.36. The SMILES string of the molecule is CCCN(CC(=O)O)S(=O)(=O)c1cc(C)c(OC)cc1C. The predicted octanol–water partition coefficient (Wildman–Crippen LogP) is 1.80. The number of carboxylic acids is 1. The highest BCUT2D eigenvalue weighted by atomic mass is 32.2. The van der Waals surface area contributed by atoms with Crippen molar-refractivity contribution >= 4 is 16.0 Å². The van der Waals surface area contributed by atoms with E-state index in [2.05, 4.69) is 0 Å². The molecule has 0 heterocycles. The van der Waals surface area contributed by atoms with E-state index in [-0.39, 0.29) is 11.4 Å². The number of benzene rings is 1. The van der Waals surface area contributed by atoms with Crippen molar-refractivity contribution in [3.63, 3.8) is 0 Å². The molecule has 0 aliphatic carbocycles. The summed E-state index contributed by atoms with van der Waals surface area (Å²) in [6.07, 6.45) is 0.542. The third kappa shape index (κ3) is 3.95. The third-order valence-corrected chi connectivity index (χ3v) is 5.08. The van der Waals surface area contributed by atoms with Crippen LogP contribution >= 0.6 is 0 Å². The second-order valence-corrected chi connectivity index (χ2v) is 6.73. The summed E-state index contributed by atoms with van der Waals surface area (Å²) in [7, 11) is -2.32. The molecule has 0 unspecified atom stereocenters. The van der Waals surface area contributed by atoms with E-state index < -0.39 is 22.5 Å². The molecule has 1 aromatic rings. The first kappa shape index (κ1) is 17.5. The van der Waals surface area contributed by atoms with E-state index >= 15 is 0 Å². The number of carboxylic acid groups (broad SMARTS) is 1. The molecule has 0 aromatic heterocycles. The lowest BCUT2D eigenvalue weighted by atomic mass is 10.1. The Morgan fingerprint density at radius 3 is 2.38 bits per heavy atom. The average Bonchev–Trinajstić information content (AvgIpc) is 2.39. The zero-order valence-electron chi connectivity index (χ0n) is 12.7. The van der Waals surface area contributed by atoms with Gasteiger partial charge in [0.05, 0.1) is 12.0 Å².